The predicted octanol–water partition coefficient (Wildman–Crippen LogP) is 2.47. The van der Waals surface area contributed by atoms with Gasteiger partial charge in [0.15, 0.2) is 5.78 Å². The summed E-state index contributed by atoms with van der Waals surface area (Å²) in [6, 6.07) is 11.2. The molecule has 1 heterocycles. The van der Waals surface area contributed by atoms with Crippen molar-refractivity contribution in [3.63, 3.8) is 0 Å². The lowest BCUT2D eigenvalue weighted by atomic mass is 10.2. The molecule has 0 amide bonds. The molecular weight excluding hydrogens is 388 g/mol. The van der Waals surface area contributed by atoms with Gasteiger partial charge in [0.05, 0.1) is 9.79 Å². The van der Waals surface area contributed by atoms with Gasteiger partial charge in [-0.05, 0) is 56.2 Å². The molecule has 0 atom stereocenters. The van der Waals surface area contributed by atoms with E-state index in [1.807, 2.05) is 0 Å². The average Bonchev–Trinajstić information content (AvgIpc) is 3.17. The molecule has 7 nitrogen and oxygen atoms in total. The van der Waals surface area contributed by atoms with Crippen molar-refractivity contribution in [2.75, 3.05) is 17.8 Å². The first kappa shape index (κ1) is 19.5. The zero-order chi connectivity index (χ0) is 19.7. The SMILES string of the molecule is CC(=O)c1ccc(S(=O)(=O)Nc2ccc(S(=O)(=O)N3CCCC3)cc2)cc1. The Labute approximate surface area is 159 Å². The van der Waals surface area contributed by atoms with Crippen molar-refractivity contribution in [1.29, 1.82) is 0 Å². The molecule has 0 aromatic heterocycles. The highest BCUT2D eigenvalue weighted by molar-refractivity contribution is 7.92. The molecule has 9 heteroatoms. The zero-order valence-electron chi connectivity index (χ0n) is 14.8. The topological polar surface area (TPSA) is 101 Å². The number of hydrogen-bond acceptors (Lipinski definition) is 5. The number of carbonyl (C=O) groups excluding carboxylic acids is 1. The van der Waals surface area contributed by atoms with Gasteiger partial charge in [-0.25, -0.2) is 16.8 Å². The Morgan fingerprint density at radius 1 is 0.852 bits per heavy atom. The number of nitrogens with zero attached hydrogens (tertiary/aromatic N) is 1. The lowest BCUT2D eigenvalue weighted by molar-refractivity contribution is 0.101. The number of nitrogens with one attached hydrogen (secondary N) is 1. The third-order valence-electron chi connectivity index (χ3n) is 4.38. The maximum absolute atomic E-state index is 12.5. The first-order valence-electron chi connectivity index (χ1n) is 8.44. The number of anilines is 1. The summed E-state index contributed by atoms with van der Waals surface area (Å²) in [4.78, 5) is 11.4. The number of rotatable bonds is 6. The van der Waals surface area contributed by atoms with Crippen LogP contribution in [0.25, 0.3) is 0 Å². The second-order valence-corrected chi connectivity index (χ2v) is 9.94. The summed E-state index contributed by atoms with van der Waals surface area (Å²) in [7, 11) is -7.38. The van der Waals surface area contributed by atoms with Gasteiger partial charge < -0.3 is 0 Å². The Kier molecular flexibility index (Phi) is 5.36. The van der Waals surface area contributed by atoms with E-state index in [1.165, 1.54) is 59.8 Å². The molecule has 1 saturated heterocycles. The fraction of sp³-hybridized carbons (Fsp3) is 0.278. The average molecular weight is 409 g/mol. The molecule has 0 bridgehead atoms. The van der Waals surface area contributed by atoms with Gasteiger partial charge in [-0.1, -0.05) is 12.1 Å². The van der Waals surface area contributed by atoms with E-state index >= 15 is 0 Å². The van der Waals surface area contributed by atoms with Crippen LogP contribution in [-0.2, 0) is 20.0 Å². The van der Waals surface area contributed by atoms with Gasteiger partial charge in [0.1, 0.15) is 0 Å². The Bertz CT molecular complexity index is 1040. The maximum atomic E-state index is 12.5. The lowest BCUT2D eigenvalue weighted by Crippen LogP contribution is -2.27. The standard InChI is InChI=1S/C18H20N2O5S2/c1-14(21)15-4-8-17(9-5-15)26(22,23)19-16-6-10-18(11-7-16)27(24,25)20-12-2-3-13-20/h4-11,19H,2-3,12-13H2,1H3. The highest BCUT2D eigenvalue weighted by Crippen LogP contribution is 2.23. The molecule has 2 aromatic carbocycles. The molecule has 0 spiro atoms. The summed E-state index contributed by atoms with van der Waals surface area (Å²) in [5, 5.41) is 0. The molecule has 3 rings (SSSR count). The van der Waals surface area contributed by atoms with Crippen LogP contribution in [0.15, 0.2) is 58.3 Å². The van der Waals surface area contributed by atoms with Gasteiger partial charge in [-0.15, -0.1) is 0 Å². The van der Waals surface area contributed by atoms with E-state index in [0.717, 1.165) is 12.8 Å². The second kappa shape index (κ2) is 7.41. The summed E-state index contributed by atoms with van der Waals surface area (Å²) in [6.45, 7) is 2.42. The van der Waals surface area contributed by atoms with E-state index in [4.69, 9.17) is 0 Å². The van der Waals surface area contributed by atoms with Crippen LogP contribution in [0.1, 0.15) is 30.1 Å². The Morgan fingerprint density at radius 3 is 1.89 bits per heavy atom. The third kappa shape index (κ3) is 4.20. The number of ketones is 1. The van der Waals surface area contributed by atoms with Crippen LogP contribution < -0.4 is 4.72 Å². The summed E-state index contributed by atoms with van der Waals surface area (Å²) < 4.78 is 53.7. The second-order valence-electron chi connectivity index (χ2n) is 6.32. The number of sulfonamides is 2. The van der Waals surface area contributed by atoms with Crippen molar-refractivity contribution in [3.8, 4) is 0 Å². The van der Waals surface area contributed by atoms with E-state index in [1.54, 1.807) is 0 Å². The minimum atomic E-state index is -3.84. The summed E-state index contributed by atoms with van der Waals surface area (Å²) >= 11 is 0. The molecule has 0 unspecified atom stereocenters. The van der Waals surface area contributed by atoms with Crippen LogP contribution in [0.2, 0.25) is 0 Å². The maximum Gasteiger partial charge on any atom is 0.261 e. The lowest BCUT2D eigenvalue weighted by Gasteiger charge is -2.16. The highest BCUT2D eigenvalue weighted by Gasteiger charge is 2.27. The third-order valence-corrected chi connectivity index (χ3v) is 7.69. The fourth-order valence-corrected chi connectivity index (χ4v) is 5.43. The summed E-state index contributed by atoms with van der Waals surface area (Å²) in [5.41, 5.74) is 0.677. The van der Waals surface area contributed by atoms with E-state index in [0.29, 0.717) is 18.7 Å². The van der Waals surface area contributed by atoms with Crippen LogP contribution >= 0.6 is 0 Å². The molecule has 0 radical (unpaired) electrons. The van der Waals surface area contributed by atoms with Crippen LogP contribution in [-0.4, -0.2) is 40.0 Å². The number of hydrogen-bond donors (Lipinski definition) is 1. The van der Waals surface area contributed by atoms with Gasteiger partial charge in [-0.2, -0.15) is 4.31 Å². The largest absolute Gasteiger partial charge is 0.295 e. The van der Waals surface area contributed by atoms with Crippen molar-refractivity contribution in [1.82, 2.24) is 4.31 Å². The monoisotopic (exact) mass is 408 g/mol. The molecule has 1 aliphatic rings. The molecule has 27 heavy (non-hydrogen) atoms. The molecule has 1 N–H and O–H groups in total. The molecule has 0 saturated carbocycles. The normalized spacial score (nSPS) is 15.6. The minimum Gasteiger partial charge on any atom is -0.295 e. The molecule has 1 aliphatic heterocycles. The van der Waals surface area contributed by atoms with Crippen molar-refractivity contribution in [2.45, 2.75) is 29.6 Å². The van der Waals surface area contributed by atoms with Crippen molar-refractivity contribution in [3.05, 3.63) is 54.1 Å². The summed E-state index contributed by atoms with van der Waals surface area (Å²) in [5.74, 6) is -0.151. The molecule has 2 aromatic rings. The van der Waals surface area contributed by atoms with Gasteiger partial charge in [-0.3, -0.25) is 9.52 Å². The number of Topliss-reactive ketones (excluding diaryl/α,β-unsaturated/α-hetero) is 1. The molecule has 1 fully saturated rings. The Hall–Kier alpha value is -2.23. The number of benzene rings is 2. The van der Waals surface area contributed by atoms with Crippen molar-refractivity contribution >= 4 is 31.5 Å². The van der Waals surface area contributed by atoms with Gasteiger partial charge in [0.25, 0.3) is 10.0 Å². The molecular formula is C18H20N2O5S2. The molecule has 0 aliphatic carbocycles. The fourth-order valence-electron chi connectivity index (χ4n) is 2.86. The first-order chi connectivity index (χ1) is 12.7. The van der Waals surface area contributed by atoms with Crippen LogP contribution in [0.4, 0.5) is 5.69 Å². The number of carbonyl (C=O) groups is 1. The van der Waals surface area contributed by atoms with E-state index in [-0.39, 0.29) is 21.3 Å². The van der Waals surface area contributed by atoms with Gasteiger partial charge in [0.2, 0.25) is 10.0 Å². The zero-order valence-corrected chi connectivity index (χ0v) is 16.4. The van der Waals surface area contributed by atoms with Crippen LogP contribution in [0, 0.1) is 0 Å². The van der Waals surface area contributed by atoms with Crippen molar-refractivity contribution < 1.29 is 21.6 Å². The Morgan fingerprint density at radius 2 is 1.37 bits per heavy atom. The summed E-state index contributed by atoms with van der Waals surface area (Å²) in [6.07, 6.45) is 1.69. The van der Waals surface area contributed by atoms with E-state index in [2.05, 4.69) is 4.72 Å². The smallest absolute Gasteiger partial charge is 0.261 e. The highest BCUT2D eigenvalue weighted by atomic mass is 32.2. The minimum absolute atomic E-state index is 0.0151. The first-order valence-corrected chi connectivity index (χ1v) is 11.4. The quantitative estimate of drug-likeness (QED) is 0.740. The van der Waals surface area contributed by atoms with Crippen LogP contribution in [0.5, 0.6) is 0 Å². The predicted molar refractivity (Wildman–Crippen MR) is 102 cm³/mol. The van der Waals surface area contributed by atoms with Gasteiger partial charge in [0, 0.05) is 24.3 Å². The molecule has 144 valence electrons. The van der Waals surface area contributed by atoms with Gasteiger partial charge >= 0.3 is 0 Å². The van der Waals surface area contributed by atoms with Crippen molar-refractivity contribution in [2.24, 2.45) is 0 Å². The van der Waals surface area contributed by atoms with Crippen LogP contribution in [0.3, 0.4) is 0 Å². The van der Waals surface area contributed by atoms with E-state index in [9.17, 15) is 21.6 Å². The van der Waals surface area contributed by atoms with E-state index < -0.39 is 20.0 Å². The Balaban J connectivity index is 1.78.